The fraction of sp³-hybridized carbons (Fsp3) is 0.0714. The molecule has 2 aromatic carbocycles. The largest absolute Gasteiger partial charge is 0.399 e. The third-order valence-electron chi connectivity index (χ3n) is 2.72. The number of hydrogen-bond acceptors (Lipinski definition) is 4. The van der Waals surface area contributed by atoms with Gasteiger partial charge in [0.25, 0.3) is 5.91 Å². The molecule has 0 bridgehead atoms. The SMILES string of the molecule is CS(=O)(=O)c1ccccc1NC(=O)c1cc(N)cc(F)c1. The van der Waals surface area contributed by atoms with Gasteiger partial charge < -0.3 is 11.1 Å². The number of sulfone groups is 1. The normalized spacial score (nSPS) is 11.1. The first-order valence-electron chi connectivity index (χ1n) is 5.94. The lowest BCUT2D eigenvalue weighted by Crippen LogP contribution is -2.15. The van der Waals surface area contributed by atoms with Crippen molar-refractivity contribution in [2.45, 2.75) is 4.90 Å². The molecule has 2 rings (SSSR count). The van der Waals surface area contributed by atoms with Crippen molar-refractivity contribution in [1.82, 2.24) is 0 Å². The van der Waals surface area contributed by atoms with Crippen molar-refractivity contribution in [3.05, 3.63) is 53.8 Å². The van der Waals surface area contributed by atoms with Crippen molar-refractivity contribution in [2.24, 2.45) is 0 Å². The summed E-state index contributed by atoms with van der Waals surface area (Å²) in [5.41, 5.74) is 5.72. The molecule has 0 fully saturated rings. The molecule has 21 heavy (non-hydrogen) atoms. The highest BCUT2D eigenvalue weighted by atomic mass is 32.2. The minimum Gasteiger partial charge on any atom is -0.399 e. The van der Waals surface area contributed by atoms with Gasteiger partial charge in [0.05, 0.1) is 10.6 Å². The average molecular weight is 308 g/mol. The van der Waals surface area contributed by atoms with Gasteiger partial charge in [-0.25, -0.2) is 12.8 Å². The second-order valence-electron chi connectivity index (χ2n) is 4.50. The summed E-state index contributed by atoms with van der Waals surface area (Å²) in [6.07, 6.45) is 1.04. The van der Waals surface area contributed by atoms with Crippen LogP contribution in [0.25, 0.3) is 0 Å². The van der Waals surface area contributed by atoms with E-state index in [1.54, 1.807) is 12.1 Å². The summed E-state index contributed by atoms with van der Waals surface area (Å²) in [6.45, 7) is 0. The summed E-state index contributed by atoms with van der Waals surface area (Å²) in [6, 6.07) is 9.38. The van der Waals surface area contributed by atoms with Crippen LogP contribution >= 0.6 is 0 Å². The van der Waals surface area contributed by atoms with Crippen molar-refractivity contribution < 1.29 is 17.6 Å². The average Bonchev–Trinajstić information content (AvgIpc) is 2.37. The van der Waals surface area contributed by atoms with Crippen molar-refractivity contribution in [3.63, 3.8) is 0 Å². The number of nitrogen functional groups attached to an aromatic ring is 1. The lowest BCUT2D eigenvalue weighted by atomic mass is 10.2. The van der Waals surface area contributed by atoms with Crippen molar-refractivity contribution in [1.29, 1.82) is 0 Å². The number of hydrogen-bond donors (Lipinski definition) is 2. The zero-order valence-corrected chi connectivity index (χ0v) is 11.9. The summed E-state index contributed by atoms with van der Waals surface area (Å²) in [5, 5.41) is 2.45. The number of anilines is 2. The van der Waals surface area contributed by atoms with Crippen LogP contribution in [-0.4, -0.2) is 20.6 Å². The van der Waals surface area contributed by atoms with Gasteiger partial charge >= 0.3 is 0 Å². The zero-order valence-electron chi connectivity index (χ0n) is 11.1. The van der Waals surface area contributed by atoms with Crippen molar-refractivity contribution in [2.75, 3.05) is 17.3 Å². The van der Waals surface area contributed by atoms with Gasteiger partial charge in [0.1, 0.15) is 5.82 Å². The summed E-state index contributed by atoms with van der Waals surface area (Å²) in [7, 11) is -3.49. The Morgan fingerprint density at radius 1 is 1.19 bits per heavy atom. The molecular weight excluding hydrogens is 295 g/mol. The molecule has 1 amide bonds. The van der Waals surface area contributed by atoms with Gasteiger partial charge in [-0.1, -0.05) is 12.1 Å². The van der Waals surface area contributed by atoms with Crippen LogP contribution in [0.15, 0.2) is 47.4 Å². The Morgan fingerprint density at radius 3 is 2.48 bits per heavy atom. The number of benzene rings is 2. The monoisotopic (exact) mass is 308 g/mol. The lowest BCUT2D eigenvalue weighted by molar-refractivity contribution is 0.102. The topological polar surface area (TPSA) is 89.3 Å². The summed E-state index contributed by atoms with van der Waals surface area (Å²) in [5.74, 6) is -1.28. The fourth-order valence-electron chi connectivity index (χ4n) is 1.83. The Hall–Kier alpha value is -2.41. The van der Waals surface area contributed by atoms with E-state index in [0.29, 0.717) is 0 Å². The summed E-state index contributed by atoms with van der Waals surface area (Å²) in [4.78, 5) is 12.1. The highest BCUT2D eigenvalue weighted by molar-refractivity contribution is 7.90. The van der Waals surface area contributed by atoms with Gasteiger partial charge in [-0.3, -0.25) is 4.79 Å². The molecule has 3 N–H and O–H groups in total. The van der Waals surface area contributed by atoms with E-state index in [1.165, 1.54) is 18.2 Å². The molecule has 0 aliphatic carbocycles. The molecule has 110 valence electrons. The molecule has 7 heteroatoms. The second-order valence-corrected chi connectivity index (χ2v) is 6.48. The molecule has 0 aliphatic heterocycles. The highest BCUT2D eigenvalue weighted by Crippen LogP contribution is 2.21. The van der Waals surface area contributed by atoms with Gasteiger partial charge in [0.2, 0.25) is 0 Å². The van der Waals surface area contributed by atoms with E-state index in [0.717, 1.165) is 18.4 Å². The first-order valence-corrected chi connectivity index (χ1v) is 7.83. The molecule has 0 unspecified atom stereocenters. The van der Waals surface area contributed by atoms with Crippen molar-refractivity contribution in [3.8, 4) is 0 Å². The van der Waals surface area contributed by atoms with Crippen LogP contribution < -0.4 is 11.1 Å². The van der Waals surface area contributed by atoms with Crippen LogP contribution in [0.5, 0.6) is 0 Å². The number of amides is 1. The molecule has 0 saturated heterocycles. The Morgan fingerprint density at radius 2 is 1.86 bits per heavy atom. The Labute approximate surface area is 121 Å². The number of carbonyl (C=O) groups is 1. The maximum absolute atomic E-state index is 13.2. The maximum atomic E-state index is 13.2. The van der Waals surface area contributed by atoms with Gasteiger partial charge in [-0.15, -0.1) is 0 Å². The lowest BCUT2D eigenvalue weighted by Gasteiger charge is -2.10. The number of para-hydroxylation sites is 1. The number of halogens is 1. The van der Waals surface area contributed by atoms with Crippen LogP contribution in [0.2, 0.25) is 0 Å². The van der Waals surface area contributed by atoms with Crippen LogP contribution in [0, 0.1) is 5.82 Å². The molecule has 0 radical (unpaired) electrons. The molecule has 0 saturated carbocycles. The summed E-state index contributed by atoms with van der Waals surface area (Å²) >= 11 is 0. The number of rotatable bonds is 3. The van der Waals surface area contributed by atoms with E-state index in [2.05, 4.69) is 5.32 Å². The van der Waals surface area contributed by atoms with Crippen molar-refractivity contribution >= 4 is 27.1 Å². The molecule has 0 heterocycles. The predicted octanol–water partition coefficient (Wildman–Crippen LogP) is 2.06. The number of carbonyl (C=O) groups excluding carboxylic acids is 1. The van der Waals surface area contributed by atoms with Gasteiger partial charge in [0, 0.05) is 17.5 Å². The first kappa shape index (κ1) is 15.0. The van der Waals surface area contributed by atoms with Crippen LogP contribution in [-0.2, 0) is 9.84 Å². The first-order chi connectivity index (χ1) is 9.77. The summed E-state index contributed by atoms with van der Waals surface area (Å²) < 4.78 is 36.5. The number of nitrogens with one attached hydrogen (secondary N) is 1. The van der Waals surface area contributed by atoms with E-state index in [4.69, 9.17) is 5.73 Å². The standard InChI is InChI=1S/C14H13FN2O3S/c1-21(19,20)13-5-3-2-4-12(13)17-14(18)9-6-10(15)8-11(16)7-9/h2-8H,16H2,1H3,(H,17,18). The van der Waals surface area contributed by atoms with Crippen LogP contribution in [0.1, 0.15) is 10.4 Å². The Kier molecular flexibility index (Phi) is 3.95. The zero-order chi connectivity index (χ0) is 15.6. The fourth-order valence-corrected chi connectivity index (χ4v) is 2.68. The van der Waals surface area contributed by atoms with Crippen LogP contribution in [0.4, 0.5) is 15.8 Å². The minimum atomic E-state index is -3.49. The Bertz CT molecular complexity index is 783. The molecule has 0 aliphatic rings. The van der Waals surface area contributed by atoms with E-state index in [-0.39, 0.29) is 21.8 Å². The van der Waals surface area contributed by atoms with E-state index < -0.39 is 21.6 Å². The van der Waals surface area contributed by atoms with Crippen LogP contribution in [0.3, 0.4) is 0 Å². The molecule has 0 aromatic heterocycles. The quantitative estimate of drug-likeness (QED) is 0.849. The third kappa shape index (κ3) is 3.57. The second kappa shape index (κ2) is 5.53. The van der Waals surface area contributed by atoms with E-state index in [1.807, 2.05) is 0 Å². The molecule has 2 aromatic rings. The van der Waals surface area contributed by atoms with E-state index in [9.17, 15) is 17.6 Å². The van der Waals surface area contributed by atoms with Gasteiger partial charge in [-0.05, 0) is 30.3 Å². The molecular formula is C14H13FN2O3S. The van der Waals surface area contributed by atoms with Gasteiger partial charge in [0.15, 0.2) is 9.84 Å². The molecule has 0 spiro atoms. The van der Waals surface area contributed by atoms with Gasteiger partial charge in [-0.2, -0.15) is 0 Å². The maximum Gasteiger partial charge on any atom is 0.255 e. The Balaban J connectivity index is 2.37. The number of nitrogens with two attached hydrogens (primary N) is 1. The minimum absolute atomic E-state index is 0.0100. The third-order valence-corrected chi connectivity index (χ3v) is 3.87. The predicted molar refractivity (Wildman–Crippen MR) is 78.3 cm³/mol. The smallest absolute Gasteiger partial charge is 0.255 e. The highest BCUT2D eigenvalue weighted by Gasteiger charge is 2.15. The molecule has 5 nitrogen and oxygen atoms in total. The molecule has 0 atom stereocenters. The van der Waals surface area contributed by atoms with E-state index >= 15 is 0 Å².